The van der Waals surface area contributed by atoms with Crippen LogP contribution in [0.1, 0.15) is 37.3 Å². The molecule has 1 saturated heterocycles. The van der Waals surface area contributed by atoms with Gasteiger partial charge < -0.3 is 20.1 Å². The number of hydrogen-bond donors (Lipinski definition) is 2. The Balaban J connectivity index is 1.40. The molecule has 2 aliphatic rings. The van der Waals surface area contributed by atoms with Gasteiger partial charge in [0.2, 0.25) is 0 Å². The number of fused-ring (bicyclic) bond motifs is 1. The minimum Gasteiger partial charge on any atom is -0.355 e. The molecule has 0 aliphatic carbocycles. The zero-order chi connectivity index (χ0) is 15.2. The first-order valence-corrected chi connectivity index (χ1v) is 8.44. The van der Waals surface area contributed by atoms with Gasteiger partial charge in [0.05, 0.1) is 6.54 Å². The Hall–Kier alpha value is -1.63. The van der Waals surface area contributed by atoms with E-state index in [0.717, 1.165) is 43.7 Å². The van der Waals surface area contributed by atoms with Crippen LogP contribution in [0.2, 0.25) is 0 Å². The minimum absolute atomic E-state index is 0.677. The van der Waals surface area contributed by atoms with Gasteiger partial charge in [-0.1, -0.05) is 6.42 Å². The summed E-state index contributed by atoms with van der Waals surface area (Å²) in [5.74, 6) is 2.96. The molecule has 7 heteroatoms. The van der Waals surface area contributed by atoms with E-state index in [4.69, 9.17) is 0 Å². The predicted octanol–water partition coefficient (Wildman–Crippen LogP) is 0.375. The van der Waals surface area contributed by atoms with Gasteiger partial charge in [0.15, 0.2) is 11.8 Å². The zero-order valence-corrected chi connectivity index (χ0v) is 13.5. The van der Waals surface area contributed by atoms with E-state index in [2.05, 4.69) is 35.3 Å². The molecule has 0 amide bonds. The van der Waals surface area contributed by atoms with Crippen molar-refractivity contribution in [2.75, 3.05) is 33.2 Å². The van der Waals surface area contributed by atoms with Crippen LogP contribution in [0.25, 0.3) is 0 Å². The first-order chi connectivity index (χ1) is 10.9. The number of rotatable bonds is 5. The Labute approximate surface area is 132 Å². The molecule has 2 N–H and O–H groups in total. The summed E-state index contributed by atoms with van der Waals surface area (Å²) in [4.78, 5) is 6.81. The number of guanidine groups is 1. The van der Waals surface area contributed by atoms with Crippen LogP contribution in [0.3, 0.4) is 0 Å². The molecule has 122 valence electrons. The van der Waals surface area contributed by atoms with Gasteiger partial charge >= 0.3 is 0 Å². The Morgan fingerprint density at radius 1 is 1.09 bits per heavy atom. The van der Waals surface area contributed by atoms with Gasteiger partial charge in [-0.25, -0.2) is 0 Å². The Morgan fingerprint density at radius 3 is 2.77 bits per heavy atom. The fraction of sp³-hybridized carbons (Fsp3) is 0.800. The molecule has 22 heavy (non-hydrogen) atoms. The lowest BCUT2D eigenvalue weighted by molar-refractivity contribution is 0.232. The molecule has 7 nitrogen and oxygen atoms in total. The Bertz CT molecular complexity index is 502. The third-order valence-electron chi connectivity index (χ3n) is 4.49. The predicted molar refractivity (Wildman–Crippen MR) is 86.8 cm³/mol. The highest BCUT2D eigenvalue weighted by molar-refractivity contribution is 5.79. The molecular weight excluding hydrogens is 278 g/mol. The highest BCUT2D eigenvalue weighted by atomic mass is 15.3. The molecule has 1 aromatic rings. The van der Waals surface area contributed by atoms with Crippen LogP contribution in [0.15, 0.2) is 4.99 Å². The van der Waals surface area contributed by atoms with Crippen LogP contribution in [0, 0.1) is 0 Å². The average molecular weight is 305 g/mol. The van der Waals surface area contributed by atoms with Crippen molar-refractivity contribution in [1.82, 2.24) is 30.3 Å². The Kier molecular flexibility index (Phi) is 5.26. The summed E-state index contributed by atoms with van der Waals surface area (Å²) in [5.41, 5.74) is 0. The van der Waals surface area contributed by atoms with Gasteiger partial charge in [0, 0.05) is 33.1 Å². The maximum Gasteiger partial charge on any atom is 0.191 e. The van der Waals surface area contributed by atoms with Crippen LogP contribution >= 0.6 is 0 Å². The maximum absolute atomic E-state index is 4.28. The van der Waals surface area contributed by atoms with Gasteiger partial charge in [-0.2, -0.15) is 0 Å². The molecule has 3 rings (SSSR count). The molecule has 2 aliphatic heterocycles. The summed E-state index contributed by atoms with van der Waals surface area (Å²) < 4.78 is 2.22. The molecule has 0 aromatic carbocycles. The lowest BCUT2D eigenvalue weighted by Gasteiger charge is -2.26. The molecule has 0 atom stereocenters. The van der Waals surface area contributed by atoms with Gasteiger partial charge in [-0.05, 0) is 32.4 Å². The van der Waals surface area contributed by atoms with E-state index in [0.29, 0.717) is 6.54 Å². The van der Waals surface area contributed by atoms with Crippen LogP contribution in [-0.2, 0) is 19.5 Å². The van der Waals surface area contributed by atoms with Crippen molar-refractivity contribution in [2.45, 2.75) is 45.2 Å². The fourth-order valence-corrected chi connectivity index (χ4v) is 3.24. The number of hydrogen-bond acceptors (Lipinski definition) is 4. The second kappa shape index (κ2) is 7.58. The van der Waals surface area contributed by atoms with Crippen molar-refractivity contribution in [2.24, 2.45) is 4.99 Å². The first kappa shape index (κ1) is 15.3. The summed E-state index contributed by atoms with van der Waals surface area (Å²) in [5, 5.41) is 15.2. The second-order valence-electron chi connectivity index (χ2n) is 6.04. The first-order valence-electron chi connectivity index (χ1n) is 8.44. The van der Waals surface area contributed by atoms with E-state index < -0.39 is 0 Å². The van der Waals surface area contributed by atoms with Gasteiger partial charge in [0.1, 0.15) is 5.82 Å². The van der Waals surface area contributed by atoms with Crippen LogP contribution < -0.4 is 10.6 Å². The van der Waals surface area contributed by atoms with Crippen molar-refractivity contribution in [3.05, 3.63) is 11.6 Å². The van der Waals surface area contributed by atoms with Crippen LogP contribution in [-0.4, -0.2) is 58.9 Å². The molecule has 3 heterocycles. The maximum atomic E-state index is 4.28. The molecule has 0 bridgehead atoms. The van der Waals surface area contributed by atoms with Crippen molar-refractivity contribution in [3.63, 3.8) is 0 Å². The molecule has 0 unspecified atom stereocenters. The van der Waals surface area contributed by atoms with Crippen molar-refractivity contribution < 1.29 is 0 Å². The molecule has 1 fully saturated rings. The smallest absolute Gasteiger partial charge is 0.191 e. The molecule has 1 aromatic heterocycles. The molecule has 0 spiro atoms. The average Bonchev–Trinajstić information content (AvgIpc) is 3.16. The number of aromatic nitrogens is 3. The van der Waals surface area contributed by atoms with E-state index in [-0.39, 0.29) is 0 Å². The van der Waals surface area contributed by atoms with Crippen LogP contribution in [0.5, 0.6) is 0 Å². The van der Waals surface area contributed by atoms with E-state index in [1.54, 1.807) is 0 Å². The number of aryl methyl sites for hydroxylation is 1. The number of aliphatic imine (C=N–C) groups is 1. The summed E-state index contributed by atoms with van der Waals surface area (Å²) >= 11 is 0. The topological polar surface area (TPSA) is 70.4 Å². The van der Waals surface area contributed by atoms with Crippen molar-refractivity contribution in [3.8, 4) is 0 Å². The monoisotopic (exact) mass is 305 g/mol. The highest BCUT2D eigenvalue weighted by Gasteiger charge is 2.17. The van der Waals surface area contributed by atoms with Crippen molar-refractivity contribution >= 4 is 5.96 Å². The molecular formula is C15H27N7. The largest absolute Gasteiger partial charge is 0.355 e. The number of likely N-dealkylation sites (tertiary alicyclic amines) is 1. The standard InChI is InChI=1S/C15H27N7/c1-16-15(17-7-11-21-8-3-2-4-9-21)18-12-14-20-19-13-6-5-10-22(13)14/h2-12H2,1H3,(H2,16,17,18). The van der Waals surface area contributed by atoms with Gasteiger partial charge in [-0.15, -0.1) is 10.2 Å². The normalized spacial score (nSPS) is 19.2. The van der Waals surface area contributed by atoms with E-state index >= 15 is 0 Å². The summed E-state index contributed by atoms with van der Waals surface area (Å²) in [6, 6.07) is 0. The van der Waals surface area contributed by atoms with Crippen molar-refractivity contribution in [1.29, 1.82) is 0 Å². The molecule has 0 radical (unpaired) electrons. The highest BCUT2D eigenvalue weighted by Crippen LogP contribution is 2.13. The van der Waals surface area contributed by atoms with Gasteiger partial charge in [-0.3, -0.25) is 4.99 Å². The zero-order valence-electron chi connectivity index (χ0n) is 13.5. The van der Waals surface area contributed by atoms with Gasteiger partial charge in [0.25, 0.3) is 0 Å². The third-order valence-corrected chi connectivity index (χ3v) is 4.49. The summed E-state index contributed by atoms with van der Waals surface area (Å²) in [6.07, 6.45) is 6.29. The number of nitrogens with zero attached hydrogens (tertiary/aromatic N) is 5. The summed E-state index contributed by atoms with van der Waals surface area (Å²) in [7, 11) is 1.81. The SMILES string of the molecule is CN=C(NCCN1CCCCC1)NCc1nnc2n1CCC2. The van der Waals surface area contributed by atoms with E-state index in [1.165, 1.54) is 38.8 Å². The number of piperidine rings is 1. The van der Waals surface area contributed by atoms with E-state index in [1.807, 2.05) is 7.05 Å². The lowest BCUT2D eigenvalue weighted by Crippen LogP contribution is -2.42. The van der Waals surface area contributed by atoms with E-state index in [9.17, 15) is 0 Å². The quantitative estimate of drug-likeness (QED) is 0.608. The van der Waals surface area contributed by atoms with Crippen LogP contribution in [0.4, 0.5) is 0 Å². The third kappa shape index (κ3) is 3.76. The molecule has 0 saturated carbocycles. The Morgan fingerprint density at radius 2 is 1.95 bits per heavy atom. The number of nitrogens with one attached hydrogen (secondary N) is 2. The lowest BCUT2D eigenvalue weighted by atomic mass is 10.1. The fourth-order valence-electron chi connectivity index (χ4n) is 3.24. The summed E-state index contributed by atoms with van der Waals surface area (Å²) in [6.45, 7) is 6.20. The minimum atomic E-state index is 0.677. The second-order valence-corrected chi connectivity index (χ2v) is 6.04.